The van der Waals surface area contributed by atoms with Crippen molar-refractivity contribution in [2.75, 3.05) is 0 Å². The Morgan fingerprint density at radius 3 is 2.18 bits per heavy atom. The fourth-order valence-electron chi connectivity index (χ4n) is 3.01. The maximum absolute atomic E-state index is 9.86. The SMILES string of the molecule is N#Cc1c(/N=C/c2cccc(Cl)c2)oc(-c2ccccc2)c1-c1ccccc1. The van der Waals surface area contributed by atoms with Gasteiger partial charge in [0.15, 0.2) is 0 Å². The van der Waals surface area contributed by atoms with Gasteiger partial charge in [0.25, 0.3) is 0 Å². The third-order valence-corrected chi connectivity index (χ3v) is 4.51. The topological polar surface area (TPSA) is 49.3 Å². The molecule has 0 atom stereocenters. The Morgan fingerprint density at radius 1 is 0.857 bits per heavy atom. The molecule has 4 aromatic rings. The molecule has 0 radical (unpaired) electrons. The molecule has 28 heavy (non-hydrogen) atoms. The van der Waals surface area contributed by atoms with Gasteiger partial charge in [-0.15, -0.1) is 0 Å². The predicted octanol–water partition coefficient (Wildman–Crippen LogP) is 6.89. The lowest BCUT2D eigenvalue weighted by molar-refractivity contribution is 0.593. The molecule has 0 fully saturated rings. The highest BCUT2D eigenvalue weighted by Gasteiger charge is 2.22. The zero-order chi connectivity index (χ0) is 19.3. The lowest BCUT2D eigenvalue weighted by atomic mass is 9.98. The zero-order valence-electron chi connectivity index (χ0n) is 14.8. The largest absolute Gasteiger partial charge is 0.436 e. The van der Waals surface area contributed by atoms with Gasteiger partial charge in [0.1, 0.15) is 17.4 Å². The first kappa shape index (κ1) is 17.8. The third kappa shape index (κ3) is 3.59. The number of benzene rings is 3. The van der Waals surface area contributed by atoms with Crippen molar-refractivity contribution in [1.29, 1.82) is 5.26 Å². The Bertz CT molecular complexity index is 1170. The van der Waals surface area contributed by atoms with E-state index >= 15 is 0 Å². The van der Waals surface area contributed by atoms with Gasteiger partial charge >= 0.3 is 0 Å². The van der Waals surface area contributed by atoms with Crippen LogP contribution in [0.3, 0.4) is 0 Å². The number of nitrogens with zero attached hydrogens (tertiary/aromatic N) is 2. The van der Waals surface area contributed by atoms with Gasteiger partial charge in [0.05, 0.1) is 0 Å². The minimum absolute atomic E-state index is 0.278. The van der Waals surface area contributed by atoms with E-state index in [1.165, 1.54) is 0 Å². The number of furan rings is 1. The summed E-state index contributed by atoms with van der Waals surface area (Å²) >= 11 is 6.04. The molecule has 1 heterocycles. The van der Waals surface area contributed by atoms with E-state index in [-0.39, 0.29) is 5.88 Å². The fourth-order valence-corrected chi connectivity index (χ4v) is 3.21. The summed E-state index contributed by atoms with van der Waals surface area (Å²) in [6, 6.07) is 29.1. The normalized spacial score (nSPS) is 10.9. The van der Waals surface area contributed by atoms with Crippen LogP contribution in [-0.2, 0) is 0 Å². The minimum atomic E-state index is 0.278. The summed E-state index contributed by atoms with van der Waals surface area (Å²) in [5.74, 6) is 0.904. The summed E-state index contributed by atoms with van der Waals surface area (Å²) in [6.07, 6.45) is 1.65. The maximum Gasteiger partial charge on any atom is 0.238 e. The van der Waals surface area contributed by atoms with Gasteiger partial charge in [-0.3, -0.25) is 0 Å². The van der Waals surface area contributed by atoms with Crippen LogP contribution in [0.4, 0.5) is 5.88 Å². The summed E-state index contributed by atoms with van der Waals surface area (Å²) in [5, 5.41) is 10.5. The van der Waals surface area contributed by atoms with Crippen molar-refractivity contribution < 1.29 is 4.42 Å². The number of halogens is 1. The first-order valence-electron chi connectivity index (χ1n) is 8.73. The molecular formula is C24H15ClN2O. The Morgan fingerprint density at radius 2 is 1.54 bits per heavy atom. The van der Waals surface area contributed by atoms with Crippen LogP contribution in [-0.4, -0.2) is 6.21 Å². The van der Waals surface area contributed by atoms with E-state index in [1.807, 2.05) is 72.8 Å². The molecule has 3 aromatic carbocycles. The molecule has 0 amide bonds. The van der Waals surface area contributed by atoms with Crippen molar-refractivity contribution in [3.63, 3.8) is 0 Å². The average Bonchev–Trinajstić information content (AvgIpc) is 3.12. The smallest absolute Gasteiger partial charge is 0.238 e. The fraction of sp³-hybridized carbons (Fsp3) is 0. The van der Waals surface area contributed by atoms with Gasteiger partial charge in [-0.25, -0.2) is 4.99 Å². The summed E-state index contributed by atoms with van der Waals surface area (Å²) in [5.41, 5.74) is 3.78. The van der Waals surface area contributed by atoms with Crippen LogP contribution >= 0.6 is 11.6 Å². The molecule has 0 bridgehead atoms. The van der Waals surface area contributed by atoms with Crippen molar-refractivity contribution in [2.24, 2.45) is 4.99 Å². The van der Waals surface area contributed by atoms with Crippen molar-refractivity contribution in [3.05, 3.63) is 101 Å². The third-order valence-electron chi connectivity index (χ3n) is 4.28. The van der Waals surface area contributed by atoms with Crippen LogP contribution in [0.15, 0.2) is 94.3 Å². The van der Waals surface area contributed by atoms with E-state index < -0.39 is 0 Å². The Balaban J connectivity index is 1.88. The van der Waals surface area contributed by atoms with Crippen molar-refractivity contribution in [2.45, 2.75) is 0 Å². The minimum Gasteiger partial charge on any atom is -0.436 e. The lowest BCUT2D eigenvalue weighted by Crippen LogP contribution is -1.83. The highest BCUT2D eigenvalue weighted by molar-refractivity contribution is 6.30. The molecule has 0 unspecified atom stereocenters. The second kappa shape index (κ2) is 7.96. The molecule has 0 aliphatic rings. The second-order valence-corrected chi connectivity index (χ2v) is 6.58. The van der Waals surface area contributed by atoms with Crippen LogP contribution in [0.2, 0.25) is 5.02 Å². The molecule has 1 aromatic heterocycles. The van der Waals surface area contributed by atoms with E-state index in [2.05, 4.69) is 11.1 Å². The Labute approximate surface area is 168 Å². The van der Waals surface area contributed by atoms with Gasteiger partial charge in [-0.05, 0) is 23.3 Å². The summed E-state index contributed by atoms with van der Waals surface area (Å²) in [4.78, 5) is 4.45. The van der Waals surface area contributed by atoms with Crippen LogP contribution in [0, 0.1) is 11.3 Å². The quantitative estimate of drug-likeness (QED) is 0.361. The highest BCUT2D eigenvalue weighted by Crippen LogP contribution is 2.42. The molecule has 0 aliphatic heterocycles. The van der Waals surface area contributed by atoms with Crippen LogP contribution < -0.4 is 0 Å². The first-order valence-corrected chi connectivity index (χ1v) is 9.11. The monoisotopic (exact) mass is 382 g/mol. The number of nitriles is 1. The number of hydrogen-bond donors (Lipinski definition) is 0. The molecular weight excluding hydrogens is 368 g/mol. The summed E-state index contributed by atoms with van der Waals surface area (Å²) < 4.78 is 6.08. The summed E-state index contributed by atoms with van der Waals surface area (Å²) in [7, 11) is 0. The summed E-state index contributed by atoms with van der Waals surface area (Å²) in [6.45, 7) is 0. The highest BCUT2D eigenvalue weighted by atomic mass is 35.5. The van der Waals surface area contributed by atoms with E-state index in [0.29, 0.717) is 16.3 Å². The number of rotatable bonds is 4. The molecule has 0 saturated heterocycles. The zero-order valence-corrected chi connectivity index (χ0v) is 15.6. The molecule has 4 rings (SSSR count). The van der Waals surface area contributed by atoms with E-state index in [0.717, 1.165) is 22.3 Å². The van der Waals surface area contributed by atoms with E-state index in [4.69, 9.17) is 16.0 Å². The molecule has 0 N–H and O–H groups in total. The number of aliphatic imine (C=N–C) groups is 1. The Hall–Kier alpha value is -3.61. The van der Waals surface area contributed by atoms with Crippen LogP contribution in [0.5, 0.6) is 0 Å². The van der Waals surface area contributed by atoms with Crippen LogP contribution in [0.25, 0.3) is 22.5 Å². The van der Waals surface area contributed by atoms with Crippen molar-refractivity contribution in [3.8, 4) is 28.5 Å². The Kier molecular flexibility index (Phi) is 5.05. The van der Waals surface area contributed by atoms with E-state index in [9.17, 15) is 5.26 Å². The van der Waals surface area contributed by atoms with Gasteiger partial charge < -0.3 is 4.42 Å². The van der Waals surface area contributed by atoms with Gasteiger partial charge in [0, 0.05) is 22.4 Å². The molecule has 4 heteroatoms. The van der Waals surface area contributed by atoms with Crippen LogP contribution in [0.1, 0.15) is 11.1 Å². The molecule has 0 aliphatic carbocycles. The molecule has 0 saturated carbocycles. The van der Waals surface area contributed by atoms with Gasteiger partial charge in [0.2, 0.25) is 5.88 Å². The first-order chi connectivity index (χ1) is 13.8. The van der Waals surface area contributed by atoms with E-state index in [1.54, 1.807) is 18.3 Å². The lowest BCUT2D eigenvalue weighted by Gasteiger charge is -2.03. The standard InChI is InChI=1S/C24H15ClN2O/c25-20-13-7-8-17(14-20)16-27-24-21(15-26)22(18-9-3-1-4-10-18)23(28-24)19-11-5-2-6-12-19/h1-14,16H/b27-16+. The molecule has 3 nitrogen and oxygen atoms in total. The second-order valence-electron chi connectivity index (χ2n) is 6.14. The number of hydrogen-bond acceptors (Lipinski definition) is 3. The predicted molar refractivity (Wildman–Crippen MR) is 113 cm³/mol. The van der Waals surface area contributed by atoms with Crippen molar-refractivity contribution in [1.82, 2.24) is 0 Å². The average molecular weight is 383 g/mol. The van der Waals surface area contributed by atoms with Gasteiger partial charge in [-0.2, -0.15) is 5.26 Å². The molecule has 0 spiro atoms. The van der Waals surface area contributed by atoms with Gasteiger partial charge in [-0.1, -0.05) is 84.4 Å². The maximum atomic E-state index is 9.86. The molecule has 134 valence electrons. The van der Waals surface area contributed by atoms with Crippen molar-refractivity contribution >= 4 is 23.7 Å².